The molecule has 0 spiro atoms. The zero-order valence-corrected chi connectivity index (χ0v) is 10.0. The van der Waals surface area contributed by atoms with Crippen LogP contribution in [0.2, 0.25) is 0 Å². The van der Waals surface area contributed by atoms with Crippen LogP contribution < -0.4 is 0 Å². The van der Waals surface area contributed by atoms with Gasteiger partial charge in [0.1, 0.15) is 10.2 Å². The lowest BCUT2D eigenvalue weighted by atomic mass is 9.97. The van der Waals surface area contributed by atoms with Gasteiger partial charge in [-0.15, -0.1) is 0 Å². The molecule has 0 saturated heterocycles. The number of halogens is 1. The quantitative estimate of drug-likeness (QED) is 0.362. The Morgan fingerprint density at radius 1 is 1.47 bits per heavy atom. The number of benzene rings is 1. The van der Waals surface area contributed by atoms with Crippen molar-refractivity contribution in [1.82, 2.24) is 0 Å². The highest BCUT2D eigenvalue weighted by molar-refractivity contribution is 14.1. The van der Waals surface area contributed by atoms with E-state index in [2.05, 4.69) is 22.6 Å². The minimum atomic E-state index is -0.612. The van der Waals surface area contributed by atoms with Crippen LogP contribution in [0.3, 0.4) is 0 Å². The van der Waals surface area contributed by atoms with Gasteiger partial charge in [-0.1, -0.05) is 24.3 Å². The maximum absolute atomic E-state index is 11.2. The first kappa shape index (κ1) is 10.8. The van der Waals surface area contributed by atoms with Crippen molar-refractivity contribution >= 4 is 34.7 Å². The summed E-state index contributed by atoms with van der Waals surface area (Å²) in [6.07, 6.45) is 0.217. The van der Waals surface area contributed by atoms with Crippen molar-refractivity contribution in [2.45, 2.75) is 16.6 Å². The standard InChI is InChI=1S/C11H9IO3/c12-11-8-4-2-1-3-7(8)5-10(15-11)9(14)6-13/h1-4,6,10-11H,5H2. The molecule has 1 aromatic rings. The molecule has 4 heteroatoms. The molecule has 0 radical (unpaired) electrons. The first-order valence-corrected chi connectivity index (χ1v) is 5.83. The van der Waals surface area contributed by atoms with Crippen LogP contribution >= 0.6 is 22.6 Å². The molecule has 1 aliphatic rings. The van der Waals surface area contributed by atoms with E-state index in [4.69, 9.17) is 4.74 Å². The lowest BCUT2D eigenvalue weighted by Gasteiger charge is -2.27. The molecule has 78 valence electrons. The minimum Gasteiger partial charge on any atom is -0.351 e. The predicted octanol–water partition coefficient (Wildman–Crippen LogP) is 1.83. The molecule has 0 saturated carbocycles. The normalized spacial score (nSPS) is 24.3. The zero-order chi connectivity index (χ0) is 10.8. The molecule has 0 amide bonds. The number of carbonyl (C=O) groups excluding carboxylic acids is 2. The van der Waals surface area contributed by atoms with E-state index in [9.17, 15) is 9.59 Å². The second-order valence-corrected chi connectivity index (χ2v) is 4.50. The second kappa shape index (κ2) is 4.40. The Kier molecular flexibility index (Phi) is 3.16. The summed E-state index contributed by atoms with van der Waals surface area (Å²) >= 11 is 2.12. The summed E-state index contributed by atoms with van der Waals surface area (Å²) in [5.41, 5.74) is 2.18. The largest absolute Gasteiger partial charge is 0.351 e. The number of hydrogen-bond donors (Lipinski definition) is 0. The Morgan fingerprint density at radius 2 is 2.20 bits per heavy atom. The van der Waals surface area contributed by atoms with Gasteiger partial charge in [0.2, 0.25) is 5.78 Å². The molecule has 2 atom stereocenters. The molecule has 0 bridgehead atoms. The van der Waals surface area contributed by atoms with Crippen LogP contribution in [0.15, 0.2) is 24.3 Å². The van der Waals surface area contributed by atoms with Gasteiger partial charge >= 0.3 is 0 Å². The third-order valence-electron chi connectivity index (χ3n) is 2.42. The van der Waals surface area contributed by atoms with Crippen LogP contribution in [-0.2, 0) is 20.7 Å². The number of carbonyl (C=O) groups is 2. The highest BCUT2D eigenvalue weighted by Crippen LogP contribution is 2.34. The number of aldehydes is 1. The molecule has 2 unspecified atom stereocenters. The van der Waals surface area contributed by atoms with Crippen molar-refractivity contribution in [3.05, 3.63) is 35.4 Å². The lowest BCUT2D eigenvalue weighted by molar-refractivity contribution is -0.139. The molecule has 2 rings (SSSR count). The van der Waals surface area contributed by atoms with Gasteiger partial charge in [0.25, 0.3) is 0 Å². The number of hydrogen-bond acceptors (Lipinski definition) is 3. The third kappa shape index (κ3) is 2.10. The van der Waals surface area contributed by atoms with Crippen LogP contribution in [0.5, 0.6) is 0 Å². The van der Waals surface area contributed by atoms with Crippen molar-refractivity contribution in [3.8, 4) is 0 Å². The molecular formula is C11H9IO3. The smallest absolute Gasteiger partial charge is 0.224 e. The van der Waals surface area contributed by atoms with E-state index in [-0.39, 0.29) is 4.11 Å². The highest BCUT2D eigenvalue weighted by Gasteiger charge is 2.29. The zero-order valence-electron chi connectivity index (χ0n) is 7.85. The van der Waals surface area contributed by atoms with E-state index in [0.29, 0.717) is 12.7 Å². The molecule has 1 heterocycles. The van der Waals surface area contributed by atoms with Crippen molar-refractivity contribution in [2.24, 2.45) is 0 Å². The molecule has 0 aromatic heterocycles. The lowest BCUT2D eigenvalue weighted by Crippen LogP contribution is -2.32. The molecule has 1 aromatic carbocycles. The van der Waals surface area contributed by atoms with Crippen molar-refractivity contribution in [3.63, 3.8) is 0 Å². The Balaban J connectivity index is 2.30. The van der Waals surface area contributed by atoms with Gasteiger partial charge in [-0.05, 0) is 33.7 Å². The highest BCUT2D eigenvalue weighted by atomic mass is 127. The van der Waals surface area contributed by atoms with Gasteiger partial charge in [0.15, 0.2) is 6.29 Å². The van der Waals surface area contributed by atoms with Crippen LogP contribution in [0.25, 0.3) is 0 Å². The van der Waals surface area contributed by atoms with Gasteiger partial charge in [-0.25, -0.2) is 0 Å². The number of rotatable bonds is 2. The van der Waals surface area contributed by atoms with E-state index < -0.39 is 11.9 Å². The van der Waals surface area contributed by atoms with E-state index in [0.717, 1.165) is 11.1 Å². The molecule has 3 nitrogen and oxygen atoms in total. The van der Waals surface area contributed by atoms with Crippen LogP contribution in [-0.4, -0.2) is 18.2 Å². The Bertz CT molecular complexity index is 403. The van der Waals surface area contributed by atoms with E-state index in [1.807, 2.05) is 24.3 Å². The van der Waals surface area contributed by atoms with Crippen LogP contribution in [0.1, 0.15) is 15.2 Å². The fourth-order valence-electron chi connectivity index (χ4n) is 1.65. The number of ketones is 1. The molecule has 0 aliphatic carbocycles. The average molecular weight is 316 g/mol. The van der Waals surface area contributed by atoms with Gasteiger partial charge in [0.05, 0.1) is 0 Å². The van der Waals surface area contributed by atoms with E-state index in [1.165, 1.54) is 0 Å². The number of fused-ring (bicyclic) bond motifs is 1. The SMILES string of the molecule is O=CC(=O)C1Cc2ccccc2C(I)O1. The summed E-state index contributed by atoms with van der Waals surface area (Å²) in [5.74, 6) is -0.480. The van der Waals surface area contributed by atoms with Crippen molar-refractivity contribution < 1.29 is 14.3 Å². The number of alkyl halides is 1. The van der Waals surface area contributed by atoms with Crippen molar-refractivity contribution in [2.75, 3.05) is 0 Å². The maximum atomic E-state index is 11.2. The Labute approximate surface area is 101 Å². The molecular weight excluding hydrogens is 307 g/mol. The van der Waals surface area contributed by atoms with Crippen LogP contribution in [0.4, 0.5) is 0 Å². The average Bonchev–Trinajstić information content (AvgIpc) is 2.28. The third-order valence-corrected chi connectivity index (χ3v) is 3.39. The summed E-state index contributed by atoms with van der Waals surface area (Å²) < 4.78 is 5.32. The molecule has 0 fully saturated rings. The van der Waals surface area contributed by atoms with E-state index in [1.54, 1.807) is 0 Å². The van der Waals surface area contributed by atoms with Crippen LogP contribution in [0, 0.1) is 0 Å². The summed E-state index contributed by atoms with van der Waals surface area (Å²) in [4.78, 5) is 21.6. The Hall–Kier alpha value is -0.750. The molecule has 15 heavy (non-hydrogen) atoms. The summed E-state index contributed by atoms with van der Waals surface area (Å²) in [6.45, 7) is 0. The monoisotopic (exact) mass is 316 g/mol. The molecule has 0 N–H and O–H groups in total. The van der Waals surface area contributed by atoms with Crippen molar-refractivity contribution in [1.29, 1.82) is 0 Å². The first-order valence-electron chi connectivity index (χ1n) is 4.58. The number of Topliss-reactive ketones (excluding diaryl/α,β-unsaturated/α-hetero) is 1. The summed E-state index contributed by atoms with van der Waals surface area (Å²) in [5, 5.41) is 0. The Morgan fingerprint density at radius 3 is 2.93 bits per heavy atom. The first-order chi connectivity index (χ1) is 7.22. The van der Waals surface area contributed by atoms with Gasteiger partial charge in [-0.2, -0.15) is 0 Å². The molecule has 1 aliphatic heterocycles. The second-order valence-electron chi connectivity index (χ2n) is 3.36. The topological polar surface area (TPSA) is 43.4 Å². The van der Waals surface area contributed by atoms with E-state index >= 15 is 0 Å². The summed E-state index contributed by atoms with van der Waals surface area (Å²) in [7, 11) is 0. The fraction of sp³-hybridized carbons (Fsp3) is 0.273. The maximum Gasteiger partial charge on any atom is 0.224 e. The minimum absolute atomic E-state index is 0.151. The van der Waals surface area contributed by atoms with Gasteiger partial charge in [-0.3, -0.25) is 9.59 Å². The van der Waals surface area contributed by atoms with Gasteiger partial charge in [0, 0.05) is 6.42 Å². The number of ether oxygens (including phenoxy) is 1. The summed E-state index contributed by atoms with van der Waals surface area (Å²) in [6, 6.07) is 7.81. The fourth-order valence-corrected chi connectivity index (χ4v) is 2.61. The predicted molar refractivity (Wildman–Crippen MR) is 62.9 cm³/mol. The van der Waals surface area contributed by atoms with Gasteiger partial charge < -0.3 is 4.74 Å².